The molecule has 5 heteroatoms. The Bertz CT molecular complexity index is 269. The molecule has 1 aromatic heterocycles. The Labute approximate surface area is 91.3 Å². The molecule has 0 aliphatic heterocycles. The van der Waals surface area contributed by atoms with E-state index < -0.39 is 12.7 Å². The van der Waals surface area contributed by atoms with Crippen LogP contribution in [0.5, 0.6) is 0 Å². The Morgan fingerprint density at radius 1 is 1.47 bits per heavy atom. The third-order valence-electron chi connectivity index (χ3n) is 2.01. The van der Waals surface area contributed by atoms with Crippen LogP contribution in [0, 0.1) is 0 Å². The zero-order valence-electron chi connectivity index (χ0n) is 8.47. The summed E-state index contributed by atoms with van der Waals surface area (Å²) >= 11 is 1.49. The average Bonchev–Trinajstić information content (AvgIpc) is 2.63. The molecular formula is C10H14F3NS. The molecule has 1 aromatic rings. The van der Waals surface area contributed by atoms with E-state index in [0.29, 0.717) is 0 Å². The summed E-state index contributed by atoms with van der Waals surface area (Å²) in [6.45, 7) is 1.05. The third kappa shape index (κ3) is 4.66. The van der Waals surface area contributed by atoms with Gasteiger partial charge in [0.15, 0.2) is 0 Å². The van der Waals surface area contributed by atoms with Gasteiger partial charge in [-0.2, -0.15) is 13.2 Å². The van der Waals surface area contributed by atoms with Crippen LogP contribution in [0.2, 0.25) is 0 Å². The van der Waals surface area contributed by atoms with Gasteiger partial charge in [-0.3, -0.25) is 0 Å². The first-order valence-electron chi connectivity index (χ1n) is 4.86. The molecule has 1 rings (SSSR count). The zero-order chi connectivity index (χ0) is 11.3. The lowest BCUT2D eigenvalue weighted by atomic mass is 10.1. The molecule has 0 aliphatic carbocycles. The van der Waals surface area contributed by atoms with E-state index in [2.05, 4.69) is 5.32 Å². The second kappa shape index (κ2) is 5.51. The molecule has 0 aliphatic rings. The molecule has 1 unspecified atom stereocenters. The second-order valence-corrected chi connectivity index (χ2v) is 4.33. The van der Waals surface area contributed by atoms with Gasteiger partial charge in [-0.25, -0.2) is 0 Å². The van der Waals surface area contributed by atoms with Crippen molar-refractivity contribution in [3.8, 4) is 0 Å². The average molecular weight is 237 g/mol. The molecule has 15 heavy (non-hydrogen) atoms. The Hall–Kier alpha value is -0.550. The first kappa shape index (κ1) is 12.5. The minimum atomic E-state index is -4.14. The highest BCUT2D eigenvalue weighted by Gasteiger charge is 2.28. The van der Waals surface area contributed by atoms with E-state index in [1.54, 1.807) is 0 Å². The van der Waals surface area contributed by atoms with Crippen molar-refractivity contribution in [2.45, 2.75) is 32.0 Å². The van der Waals surface area contributed by atoms with Crippen LogP contribution in [0.4, 0.5) is 13.2 Å². The Morgan fingerprint density at radius 2 is 2.20 bits per heavy atom. The molecule has 0 saturated heterocycles. The number of hydrogen-bond donors (Lipinski definition) is 1. The maximum atomic E-state index is 12.0. The predicted octanol–water partition coefficient (Wildman–Crippen LogP) is 3.74. The quantitative estimate of drug-likeness (QED) is 0.822. The van der Waals surface area contributed by atoms with E-state index in [1.165, 1.54) is 11.3 Å². The van der Waals surface area contributed by atoms with Crippen LogP contribution in [0.25, 0.3) is 0 Å². The summed E-state index contributed by atoms with van der Waals surface area (Å²) in [7, 11) is 0. The number of alkyl halides is 3. The predicted molar refractivity (Wildman–Crippen MR) is 56.0 cm³/mol. The van der Waals surface area contributed by atoms with E-state index in [9.17, 15) is 13.2 Å². The van der Waals surface area contributed by atoms with E-state index in [4.69, 9.17) is 0 Å². The summed E-state index contributed by atoms with van der Waals surface area (Å²) in [5, 5.41) is 4.43. The van der Waals surface area contributed by atoms with Crippen molar-refractivity contribution in [3.63, 3.8) is 0 Å². The summed E-state index contributed by atoms with van der Waals surface area (Å²) < 4.78 is 36.1. The van der Waals surface area contributed by atoms with Gasteiger partial charge < -0.3 is 5.32 Å². The molecule has 86 valence electrons. The van der Waals surface area contributed by atoms with Crippen molar-refractivity contribution in [2.24, 2.45) is 0 Å². The number of thiophene rings is 1. The SMILES string of the molecule is CCCC(NCC(F)(F)F)c1cccs1. The highest BCUT2D eigenvalue weighted by atomic mass is 32.1. The molecular weight excluding hydrogens is 223 g/mol. The molecule has 1 N–H and O–H groups in total. The van der Waals surface area contributed by atoms with Gasteiger partial charge in [-0.1, -0.05) is 19.4 Å². The maximum Gasteiger partial charge on any atom is 0.401 e. The van der Waals surface area contributed by atoms with E-state index in [1.807, 2.05) is 24.4 Å². The topological polar surface area (TPSA) is 12.0 Å². The highest BCUT2D eigenvalue weighted by molar-refractivity contribution is 7.10. The van der Waals surface area contributed by atoms with E-state index in [-0.39, 0.29) is 6.04 Å². The lowest BCUT2D eigenvalue weighted by Crippen LogP contribution is -2.31. The smallest absolute Gasteiger partial charge is 0.301 e. The largest absolute Gasteiger partial charge is 0.401 e. The van der Waals surface area contributed by atoms with Gasteiger partial charge in [-0.05, 0) is 17.9 Å². The standard InChI is InChI=1S/C10H14F3NS/c1-2-4-8(9-5-3-6-15-9)14-7-10(11,12)13/h3,5-6,8,14H,2,4,7H2,1H3. The van der Waals surface area contributed by atoms with Crippen LogP contribution in [0.15, 0.2) is 17.5 Å². The van der Waals surface area contributed by atoms with Crippen LogP contribution < -0.4 is 5.32 Å². The molecule has 1 atom stereocenters. The number of rotatable bonds is 5. The lowest BCUT2D eigenvalue weighted by molar-refractivity contribution is -0.126. The monoisotopic (exact) mass is 237 g/mol. The first-order valence-corrected chi connectivity index (χ1v) is 5.74. The van der Waals surface area contributed by atoms with Gasteiger partial charge in [-0.15, -0.1) is 11.3 Å². The minimum Gasteiger partial charge on any atom is -0.301 e. The molecule has 1 nitrogen and oxygen atoms in total. The van der Waals surface area contributed by atoms with Gasteiger partial charge in [0.1, 0.15) is 0 Å². The first-order chi connectivity index (χ1) is 7.03. The van der Waals surface area contributed by atoms with Gasteiger partial charge in [0.25, 0.3) is 0 Å². The molecule has 0 bridgehead atoms. The van der Waals surface area contributed by atoms with Crippen LogP contribution in [0.1, 0.15) is 30.7 Å². The fourth-order valence-electron chi connectivity index (χ4n) is 1.36. The molecule has 0 amide bonds. The molecule has 1 heterocycles. The molecule has 0 spiro atoms. The summed E-state index contributed by atoms with van der Waals surface area (Å²) in [5.41, 5.74) is 0. The third-order valence-corrected chi connectivity index (χ3v) is 3.00. The fraction of sp³-hybridized carbons (Fsp3) is 0.600. The van der Waals surface area contributed by atoms with Crippen LogP contribution >= 0.6 is 11.3 Å². The summed E-state index contributed by atoms with van der Waals surface area (Å²) in [6.07, 6.45) is -2.53. The van der Waals surface area contributed by atoms with Crippen molar-refractivity contribution in [1.29, 1.82) is 0 Å². The van der Waals surface area contributed by atoms with Crippen LogP contribution in [-0.4, -0.2) is 12.7 Å². The molecule has 0 saturated carbocycles. The fourth-order valence-corrected chi connectivity index (χ4v) is 2.20. The van der Waals surface area contributed by atoms with E-state index >= 15 is 0 Å². The second-order valence-electron chi connectivity index (χ2n) is 3.35. The van der Waals surface area contributed by atoms with Gasteiger partial charge in [0.05, 0.1) is 6.54 Å². The maximum absolute atomic E-state index is 12.0. The lowest BCUT2D eigenvalue weighted by Gasteiger charge is -2.17. The molecule has 0 fully saturated rings. The van der Waals surface area contributed by atoms with Crippen molar-refractivity contribution in [2.75, 3.05) is 6.54 Å². The molecule has 0 radical (unpaired) electrons. The van der Waals surface area contributed by atoms with E-state index in [0.717, 1.165) is 17.7 Å². The minimum absolute atomic E-state index is 0.170. The summed E-state index contributed by atoms with van der Waals surface area (Å²) in [5.74, 6) is 0. The van der Waals surface area contributed by atoms with Gasteiger partial charge in [0, 0.05) is 10.9 Å². The van der Waals surface area contributed by atoms with Crippen molar-refractivity contribution < 1.29 is 13.2 Å². The van der Waals surface area contributed by atoms with Crippen LogP contribution in [0.3, 0.4) is 0 Å². The number of nitrogens with one attached hydrogen (secondary N) is 1. The number of halogens is 3. The van der Waals surface area contributed by atoms with Crippen molar-refractivity contribution in [3.05, 3.63) is 22.4 Å². The molecule has 0 aromatic carbocycles. The van der Waals surface area contributed by atoms with Gasteiger partial charge >= 0.3 is 6.18 Å². The normalized spacial score (nSPS) is 14.1. The van der Waals surface area contributed by atoms with Crippen molar-refractivity contribution >= 4 is 11.3 Å². The summed E-state index contributed by atoms with van der Waals surface area (Å²) in [4.78, 5) is 0.973. The highest BCUT2D eigenvalue weighted by Crippen LogP contribution is 2.24. The zero-order valence-corrected chi connectivity index (χ0v) is 9.29. The Balaban J connectivity index is 2.52. The van der Waals surface area contributed by atoms with Gasteiger partial charge in [0.2, 0.25) is 0 Å². The number of hydrogen-bond acceptors (Lipinski definition) is 2. The van der Waals surface area contributed by atoms with Crippen LogP contribution in [-0.2, 0) is 0 Å². The summed E-state index contributed by atoms with van der Waals surface area (Å²) in [6, 6.07) is 3.56. The Kier molecular flexibility index (Phi) is 4.60. The van der Waals surface area contributed by atoms with Crippen molar-refractivity contribution in [1.82, 2.24) is 5.32 Å². The Morgan fingerprint density at radius 3 is 2.67 bits per heavy atom.